The highest BCUT2D eigenvalue weighted by Crippen LogP contribution is 2.26. The molecule has 2 rings (SSSR count). The van der Waals surface area contributed by atoms with Crippen molar-refractivity contribution in [1.29, 1.82) is 0 Å². The highest BCUT2D eigenvalue weighted by Gasteiger charge is 2.44. The first-order valence-corrected chi connectivity index (χ1v) is 9.25. The summed E-state index contributed by atoms with van der Waals surface area (Å²) in [6.07, 6.45) is -4.52. The molecule has 136 valence electrons. The number of nitrogens with zero attached hydrogens (tertiary/aromatic N) is 1. The third kappa shape index (κ3) is 4.60. The van der Waals surface area contributed by atoms with Crippen LogP contribution in [0.3, 0.4) is 0 Å². The van der Waals surface area contributed by atoms with Gasteiger partial charge in [-0.05, 0) is 24.6 Å². The Labute approximate surface area is 144 Å². The number of piperazine rings is 1. The van der Waals surface area contributed by atoms with Gasteiger partial charge in [-0.25, -0.2) is 13.1 Å². The highest BCUT2D eigenvalue weighted by molar-refractivity contribution is 7.89. The molecule has 2 N–H and O–H groups in total. The number of sulfonamides is 1. The van der Waals surface area contributed by atoms with Gasteiger partial charge in [-0.3, -0.25) is 4.90 Å². The molecule has 1 heterocycles. The zero-order valence-corrected chi connectivity index (χ0v) is 14.6. The SMILES string of the molecule is Cc1c(Cl)cccc1S(=O)(=O)NCC(N1CCNCC1)C(F)(F)F. The first-order chi connectivity index (χ1) is 11.1. The Bertz CT molecular complexity index is 676. The van der Waals surface area contributed by atoms with E-state index in [0.717, 1.165) is 0 Å². The summed E-state index contributed by atoms with van der Waals surface area (Å²) >= 11 is 5.89. The van der Waals surface area contributed by atoms with E-state index in [9.17, 15) is 21.6 Å². The molecule has 1 aliphatic rings. The van der Waals surface area contributed by atoms with Crippen LogP contribution in [0.15, 0.2) is 23.1 Å². The summed E-state index contributed by atoms with van der Waals surface area (Å²) in [6, 6.07) is 2.42. The van der Waals surface area contributed by atoms with Gasteiger partial charge in [0.2, 0.25) is 10.0 Å². The molecule has 0 saturated carbocycles. The van der Waals surface area contributed by atoms with Crippen LogP contribution in [0.25, 0.3) is 0 Å². The molecule has 0 aromatic heterocycles. The molecule has 24 heavy (non-hydrogen) atoms. The van der Waals surface area contributed by atoms with Crippen LogP contribution in [-0.4, -0.2) is 58.3 Å². The van der Waals surface area contributed by atoms with Gasteiger partial charge in [-0.15, -0.1) is 0 Å². The Morgan fingerprint density at radius 1 is 1.33 bits per heavy atom. The average molecular weight is 386 g/mol. The molecule has 1 saturated heterocycles. The number of benzene rings is 1. The molecule has 1 aromatic rings. The maximum absolute atomic E-state index is 13.3. The summed E-state index contributed by atoms with van der Waals surface area (Å²) in [5, 5.41) is 3.21. The van der Waals surface area contributed by atoms with Crippen molar-refractivity contribution >= 4 is 21.6 Å². The molecule has 0 amide bonds. The fourth-order valence-corrected chi connectivity index (χ4v) is 4.12. The fraction of sp³-hybridized carbons (Fsp3) is 0.571. The molecule has 10 heteroatoms. The van der Waals surface area contributed by atoms with Crippen molar-refractivity contribution in [2.75, 3.05) is 32.7 Å². The zero-order chi connectivity index (χ0) is 18.0. The average Bonchev–Trinajstić information content (AvgIpc) is 2.49. The van der Waals surface area contributed by atoms with Crippen molar-refractivity contribution in [2.24, 2.45) is 0 Å². The van der Waals surface area contributed by atoms with E-state index in [1.54, 1.807) is 0 Å². The first kappa shape index (κ1) is 19.5. The smallest absolute Gasteiger partial charge is 0.314 e. The number of halogens is 4. The van der Waals surface area contributed by atoms with Crippen molar-refractivity contribution in [3.8, 4) is 0 Å². The van der Waals surface area contributed by atoms with E-state index in [4.69, 9.17) is 11.6 Å². The standard InChI is InChI=1S/C14H19ClF3N3O2S/c1-10-11(15)3-2-4-12(10)24(22,23)20-9-13(14(16,17)18)21-7-5-19-6-8-21/h2-4,13,19-20H,5-9H2,1H3. The number of hydrogen-bond donors (Lipinski definition) is 2. The fourth-order valence-electron chi connectivity index (χ4n) is 2.59. The predicted molar refractivity (Wildman–Crippen MR) is 85.7 cm³/mol. The molecule has 1 aromatic carbocycles. The molecule has 0 bridgehead atoms. The topological polar surface area (TPSA) is 61.4 Å². The van der Waals surface area contributed by atoms with Crippen LogP contribution < -0.4 is 10.0 Å². The molecule has 1 atom stereocenters. The van der Waals surface area contributed by atoms with Crippen LogP contribution >= 0.6 is 11.6 Å². The summed E-state index contributed by atoms with van der Waals surface area (Å²) in [4.78, 5) is 1.13. The maximum atomic E-state index is 13.3. The van der Waals surface area contributed by atoms with Crippen molar-refractivity contribution in [3.05, 3.63) is 28.8 Å². The molecule has 5 nitrogen and oxygen atoms in total. The van der Waals surface area contributed by atoms with Gasteiger partial charge < -0.3 is 5.32 Å². The van der Waals surface area contributed by atoms with Crippen LogP contribution in [-0.2, 0) is 10.0 Å². The second-order valence-corrected chi connectivity index (χ2v) is 7.70. The summed E-state index contributed by atoms with van der Waals surface area (Å²) < 4.78 is 66.7. The number of rotatable bonds is 5. The van der Waals surface area contributed by atoms with Gasteiger partial charge in [0.1, 0.15) is 6.04 Å². The van der Waals surface area contributed by atoms with Crippen molar-refractivity contribution < 1.29 is 21.6 Å². The summed E-state index contributed by atoms with van der Waals surface area (Å²) in [7, 11) is -4.08. The predicted octanol–water partition coefficient (Wildman–Crippen LogP) is 1.76. The van der Waals surface area contributed by atoms with Gasteiger partial charge in [0.25, 0.3) is 0 Å². The number of alkyl halides is 3. The van der Waals surface area contributed by atoms with Crippen LogP contribution in [0.5, 0.6) is 0 Å². The van der Waals surface area contributed by atoms with Crippen LogP contribution in [0.1, 0.15) is 5.56 Å². The van der Waals surface area contributed by atoms with E-state index in [1.807, 2.05) is 0 Å². The summed E-state index contributed by atoms with van der Waals surface area (Å²) in [5.41, 5.74) is 0.303. The van der Waals surface area contributed by atoms with Gasteiger partial charge in [-0.1, -0.05) is 17.7 Å². The van der Waals surface area contributed by atoms with E-state index in [2.05, 4.69) is 10.0 Å². The van der Waals surface area contributed by atoms with Crippen molar-refractivity contribution in [2.45, 2.75) is 24.0 Å². The lowest BCUT2D eigenvalue weighted by atomic mass is 10.2. The third-order valence-corrected chi connectivity index (χ3v) is 5.92. The van der Waals surface area contributed by atoms with Gasteiger partial charge in [0, 0.05) is 37.7 Å². The molecule has 0 radical (unpaired) electrons. The van der Waals surface area contributed by atoms with Gasteiger partial charge in [0.15, 0.2) is 0 Å². The number of nitrogens with one attached hydrogen (secondary N) is 2. The molecule has 1 fully saturated rings. The Kier molecular flexibility index (Phi) is 6.14. The second kappa shape index (κ2) is 7.57. The Morgan fingerprint density at radius 3 is 2.54 bits per heavy atom. The largest absolute Gasteiger partial charge is 0.405 e. The molecular weight excluding hydrogens is 367 g/mol. The molecule has 1 aliphatic heterocycles. The normalized spacial score (nSPS) is 18.5. The second-order valence-electron chi connectivity index (χ2n) is 5.56. The lowest BCUT2D eigenvalue weighted by Gasteiger charge is -2.35. The monoisotopic (exact) mass is 385 g/mol. The van der Waals surface area contributed by atoms with E-state index in [0.29, 0.717) is 18.7 Å². The van der Waals surface area contributed by atoms with E-state index < -0.39 is 28.8 Å². The molecule has 1 unspecified atom stereocenters. The van der Waals surface area contributed by atoms with Gasteiger partial charge >= 0.3 is 6.18 Å². The van der Waals surface area contributed by atoms with E-state index in [1.165, 1.54) is 30.0 Å². The lowest BCUT2D eigenvalue weighted by Crippen LogP contribution is -2.57. The highest BCUT2D eigenvalue weighted by atomic mass is 35.5. The van der Waals surface area contributed by atoms with Crippen molar-refractivity contribution in [3.63, 3.8) is 0 Å². The van der Waals surface area contributed by atoms with Crippen LogP contribution in [0.4, 0.5) is 13.2 Å². The third-order valence-electron chi connectivity index (χ3n) is 3.94. The minimum Gasteiger partial charge on any atom is -0.314 e. The Hall–Kier alpha value is -0.870. The molecule has 0 aliphatic carbocycles. The summed E-state index contributed by atoms with van der Waals surface area (Å²) in [5.74, 6) is 0. The summed E-state index contributed by atoms with van der Waals surface area (Å²) in [6.45, 7) is 2.07. The van der Waals surface area contributed by atoms with Gasteiger partial charge in [-0.2, -0.15) is 13.2 Å². The Morgan fingerprint density at radius 2 is 1.96 bits per heavy atom. The maximum Gasteiger partial charge on any atom is 0.405 e. The zero-order valence-electron chi connectivity index (χ0n) is 13.0. The molecular formula is C14H19ClF3N3O2S. The minimum absolute atomic E-state index is 0.115. The lowest BCUT2D eigenvalue weighted by molar-refractivity contribution is -0.182. The molecule has 0 spiro atoms. The number of hydrogen-bond acceptors (Lipinski definition) is 4. The Balaban J connectivity index is 2.17. The van der Waals surface area contributed by atoms with Crippen LogP contribution in [0.2, 0.25) is 5.02 Å². The van der Waals surface area contributed by atoms with E-state index >= 15 is 0 Å². The van der Waals surface area contributed by atoms with Crippen LogP contribution in [0, 0.1) is 6.92 Å². The van der Waals surface area contributed by atoms with E-state index in [-0.39, 0.29) is 23.0 Å². The quantitative estimate of drug-likeness (QED) is 0.811. The first-order valence-electron chi connectivity index (χ1n) is 7.39. The van der Waals surface area contributed by atoms with Gasteiger partial charge in [0.05, 0.1) is 4.90 Å². The van der Waals surface area contributed by atoms with Crippen molar-refractivity contribution in [1.82, 2.24) is 14.9 Å². The minimum atomic E-state index is -4.52.